The Hall–Kier alpha value is -1.39. The Kier molecular flexibility index (Phi) is 4.93. The highest BCUT2D eigenvalue weighted by Gasteiger charge is 2.21. The first kappa shape index (κ1) is 14.0. The number of Topliss-reactive ketones (excluding diaryl/α,β-unsaturated/α-hetero) is 1. The number of piperidine rings is 1. The van der Waals surface area contributed by atoms with Crippen LogP contribution in [0.4, 0.5) is 0 Å². The molecule has 0 saturated carbocycles. The van der Waals surface area contributed by atoms with Crippen LogP contribution in [-0.4, -0.2) is 50.6 Å². The number of rotatable bonds is 5. The molecule has 1 fully saturated rings. The van der Waals surface area contributed by atoms with Crippen LogP contribution < -0.4 is 4.74 Å². The third kappa shape index (κ3) is 3.78. The predicted molar refractivity (Wildman–Crippen MR) is 73.8 cm³/mol. The Morgan fingerprint density at radius 1 is 1.42 bits per heavy atom. The second-order valence-corrected chi connectivity index (χ2v) is 4.89. The summed E-state index contributed by atoms with van der Waals surface area (Å²) in [4.78, 5) is 14.4. The molecule has 1 atom stereocenters. The Morgan fingerprint density at radius 2 is 2.26 bits per heavy atom. The lowest BCUT2D eigenvalue weighted by atomic mass is 10.1. The molecule has 1 unspecified atom stereocenters. The fourth-order valence-corrected chi connectivity index (χ4v) is 2.44. The molecule has 4 nitrogen and oxygen atoms in total. The molecule has 1 heterocycles. The molecule has 0 aromatic heterocycles. The molecule has 1 aliphatic rings. The zero-order chi connectivity index (χ0) is 13.7. The Morgan fingerprint density at radius 3 is 3.00 bits per heavy atom. The summed E-state index contributed by atoms with van der Waals surface area (Å²) in [5.41, 5.74) is 0.707. The summed E-state index contributed by atoms with van der Waals surface area (Å²) in [6, 6.07) is 7.32. The molecular weight excluding hydrogens is 242 g/mol. The van der Waals surface area contributed by atoms with Crippen LogP contribution >= 0.6 is 0 Å². The Bertz CT molecular complexity index is 433. The van der Waals surface area contributed by atoms with Gasteiger partial charge < -0.3 is 9.47 Å². The van der Waals surface area contributed by atoms with Gasteiger partial charge in [0.05, 0.1) is 19.8 Å². The van der Waals surface area contributed by atoms with E-state index >= 15 is 0 Å². The molecule has 1 aromatic rings. The number of methoxy groups -OCH3 is 2. The molecule has 0 aliphatic carbocycles. The van der Waals surface area contributed by atoms with Crippen LogP contribution in [-0.2, 0) is 4.74 Å². The number of carbonyl (C=O) groups excluding carboxylic acids is 1. The molecule has 1 aliphatic heterocycles. The van der Waals surface area contributed by atoms with Crippen LogP contribution in [0.1, 0.15) is 23.2 Å². The van der Waals surface area contributed by atoms with Gasteiger partial charge in [0.2, 0.25) is 0 Å². The molecule has 0 N–H and O–H groups in total. The molecule has 0 amide bonds. The van der Waals surface area contributed by atoms with E-state index in [0.717, 1.165) is 31.7 Å². The van der Waals surface area contributed by atoms with Crippen LogP contribution in [0, 0.1) is 0 Å². The van der Waals surface area contributed by atoms with Crippen molar-refractivity contribution in [3.8, 4) is 5.75 Å². The van der Waals surface area contributed by atoms with Crippen molar-refractivity contribution in [2.24, 2.45) is 0 Å². The lowest BCUT2D eigenvalue weighted by Crippen LogP contribution is -2.41. The summed E-state index contributed by atoms with van der Waals surface area (Å²) in [5.74, 6) is 0.856. The third-order valence-corrected chi connectivity index (χ3v) is 3.55. The van der Waals surface area contributed by atoms with Crippen LogP contribution in [0.5, 0.6) is 5.75 Å². The van der Waals surface area contributed by atoms with Crippen molar-refractivity contribution < 1.29 is 14.3 Å². The highest BCUT2D eigenvalue weighted by molar-refractivity contribution is 5.97. The van der Waals surface area contributed by atoms with Gasteiger partial charge in [0.25, 0.3) is 0 Å². The number of benzene rings is 1. The van der Waals surface area contributed by atoms with E-state index in [1.165, 1.54) is 0 Å². The molecule has 104 valence electrons. The van der Waals surface area contributed by atoms with Gasteiger partial charge >= 0.3 is 0 Å². The molecule has 1 aromatic carbocycles. The van der Waals surface area contributed by atoms with E-state index < -0.39 is 0 Å². The number of ketones is 1. The van der Waals surface area contributed by atoms with E-state index in [1.54, 1.807) is 20.3 Å². The average molecular weight is 263 g/mol. The zero-order valence-electron chi connectivity index (χ0n) is 11.6. The van der Waals surface area contributed by atoms with Crippen molar-refractivity contribution in [2.75, 3.05) is 33.9 Å². The Balaban J connectivity index is 1.96. The number of likely N-dealkylation sites (tertiary alicyclic amines) is 1. The van der Waals surface area contributed by atoms with Crippen LogP contribution in [0.25, 0.3) is 0 Å². The first-order chi connectivity index (χ1) is 9.22. The van der Waals surface area contributed by atoms with E-state index in [9.17, 15) is 4.79 Å². The van der Waals surface area contributed by atoms with Gasteiger partial charge in [0, 0.05) is 19.2 Å². The summed E-state index contributed by atoms with van der Waals surface area (Å²) in [7, 11) is 3.34. The minimum Gasteiger partial charge on any atom is -0.497 e. The molecule has 0 bridgehead atoms. The maximum absolute atomic E-state index is 12.2. The van der Waals surface area contributed by atoms with E-state index in [0.29, 0.717) is 12.1 Å². The standard InChI is InChI=1S/C15H21NO3/c1-18-13-6-3-5-12(9-13)15(17)11-16-8-4-7-14(10-16)19-2/h3,5-6,9,14H,4,7-8,10-11H2,1-2H3. The van der Waals surface area contributed by atoms with Crippen molar-refractivity contribution >= 4 is 5.78 Å². The summed E-state index contributed by atoms with van der Waals surface area (Å²) in [5, 5.41) is 0. The van der Waals surface area contributed by atoms with Gasteiger partial charge in [-0.3, -0.25) is 9.69 Å². The first-order valence-corrected chi connectivity index (χ1v) is 6.65. The van der Waals surface area contributed by atoms with Crippen molar-refractivity contribution in [3.05, 3.63) is 29.8 Å². The monoisotopic (exact) mass is 263 g/mol. The second-order valence-electron chi connectivity index (χ2n) is 4.89. The minimum absolute atomic E-state index is 0.135. The minimum atomic E-state index is 0.135. The largest absolute Gasteiger partial charge is 0.497 e. The fraction of sp³-hybridized carbons (Fsp3) is 0.533. The molecule has 2 rings (SSSR count). The van der Waals surface area contributed by atoms with Crippen LogP contribution in [0.3, 0.4) is 0 Å². The zero-order valence-corrected chi connectivity index (χ0v) is 11.6. The van der Waals surface area contributed by atoms with Gasteiger partial charge in [-0.05, 0) is 31.5 Å². The van der Waals surface area contributed by atoms with Crippen LogP contribution in [0.2, 0.25) is 0 Å². The highest BCUT2D eigenvalue weighted by atomic mass is 16.5. The van der Waals surface area contributed by atoms with Gasteiger partial charge in [0.1, 0.15) is 5.75 Å². The number of hydrogen-bond donors (Lipinski definition) is 0. The Labute approximate surface area is 114 Å². The summed E-state index contributed by atoms with van der Waals surface area (Å²) in [6.45, 7) is 2.26. The normalized spacial score (nSPS) is 20.2. The van der Waals surface area contributed by atoms with Crippen molar-refractivity contribution in [1.82, 2.24) is 4.90 Å². The van der Waals surface area contributed by atoms with E-state index in [-0.39, 0.29) is 11.9 Å². The highest BCUT2D eigenvalue weighted by Crippen LogP contribution is 2.16. The molecule has 4 heteroatoms. The quantitative estimate of drug-likeness (QED) is 0.762. The molecule has 19 heavy (non-hydrogen) atoms. The maximum Gasteiger partial charge on any atom is 0.176 e. The van der Waals surface area contributed by atoms with E-state index in [2.05, 4.69) is 4.90 Å². The summed E-state index contributed by atoms with van der Waals surface area (Å²) < 4.78 is 10.5. The summed E-state index contributed by atoms with van der Waals surface area (Å²) >= 11 is 0. The average Bonchev–Trinajstić information content (AvgIpc) is 2.47. The number of nitrogens with zero attached hydrogens (tertiary/aromatic N) is 1. The van der Waals surface area contributed by atoms with E-state index in [1.807, 2.05) is 18.2 Å². The summed E-state index contributed by atoms with van der Waals surface area (Å²) in [6.07, 6.45) is 2.43. The number of hydrogen-bond acceptors (Lipinski definition) is 4. The third-order valence-electron chi connectivity index (χ3n) is 3.55. The lowest BCUT2D eigenvalue weighted by molar-refractivity contribution is 0.0314. The molecular formula is C15H21NO3. The van der Waals surface area contributed by atoms with Gasteiger partial charge in [-0.25, -0.2) is 0 Å². The smallest absolute Gasteiger partial charge is 0.176 e. The van der Waals surface area contributed by atoms with Crippen LogP contribution in [0.15, 0.2) is 24.3 Å². The van der Waals surface area contributed by atoms with Gasteiger partial charge in [-0.2, -0.15) is 0 Å². The lowest BCUT2D eigenvalue weighted by Gasteiger charge is -2.31. The molecule has 0 radical (unpaired) electrons. The first-order valence-electron chi connectivity index (χ1n) is 6.65. The SMILES string of the molecule is COc1cccc(C(=O)CN2CCCC(OC)C2)c1. The van der Waals surface area contributed by atoms with Crippen molar-refractivity contribution in [3.63, 3.8) is 0 Å². The predicted octanol–water partition coefficient (Wildman–Crippen LogP) is 1.99. The van der Waals surface area contributed by atoms with Gasteiger partial charge in [0.15, 0.2) is 5.78 Å². The molecule has 0 spiro atoms. The maximum atomic E-state index is 12.2. The van der Waals surface area contributed by atoms with Crippen molar-refractivity contribution in [2.45, 2.75) is 18.9 Å². The number of carbonyl (C=O) groups is 1. The van der Waals surface area contributed by atoms with Gasteiger partial charge in [-0.1, -0.05) is 12.1 Å². The topological polar surface area (TPSA) is 38.8 Å². The molecule has 1 saturated heterocycles. The second kappa shape index (κ2) is 6.68. The van der Waals surface area contributed by atoms with Crippen molar-refractivity contribution in [1.29, 1.82) is 0 Å². The fourth-order valence-electron chi connectivity index (χ4n) is 2.44. The number of ether oxygens (including phenoxy) is 2. The van der Waals surface area contributed by atoms with Gasteiger partial charge in [-0.15, -0.1) is 0 Å². The van der Waals surface area contributed by atoms with E-state index in [4.69, 9.17) is 9.47 Å².